The Morgan fingerprint density at radius 1 is 1.19 bits per heavy atom. The van der Waals surface area contributed by atoms with Crippen molar-refractivity contribution in [2.24, 2.45) is 5.41 Å². The Labute approximate surface area is 347 Å². The Bertz CT molecular complexity index is 1930. The molecule has 6 atom stereocenters. The first-order valence-corrected chi connectivity index (χ1v) is 21.7. The number of anilines is 2. The van der Waals surface area contributed by atoms with Gasteiger partial charge in [0, 0.05) is 40.3 Å². The summed E-state index contributed by atoms with van der Waals surface area (Å²) in [4.78, 5) is 19.2. The number of alkyl halides is 2. The normalized spacial score (nSPS) is 30.6. The molecule has 3 saturated heterocycles. The van der Waals surface area contributed by atoms with Crippen molar-refractivity contribution in [2.75, 3.05) is 57.2 Å². The Hall–Kier alpha value is -1.90. The SMILES string of the molecule is COc1nc(-c2c(C=[NH2+])c(N)cc(Cl)c2C2CC2)c(F)c2nc(OCC34CCC[C@H]3N([C@H]3C[C@@H](C)O[C@@H](I)C3)CCC4)nc(N3CCOC[C@](O)(I)C3)c12. The van der Waals surface area contributed by atoms with Crippen molar-refractivity contribution in [3.05, 3.63) is 28.0 Å². The lowest BCUT2D eigenvalue weighted by Crippen LogP contribution is -2.57. The first-order valence-electron chi connectivity index (χ1n) is 19.0. The highest BCUT2D eigenvalue weighted by atomic mass is 127. The molecule has 5 heterocycles. The van der Waals surface area contributed by atoms with E-state index in [1.807, 2.05) is 27.5 Å². The summed E-state index contributed by atoms with van der Waals surface area (Å²) in [7, 11) is 1.48. The summed E-state index contributed by atoms with van der Waals surface area (Å²) < 4.78 is 40.9. The predicted molar refractivity (Wildman–Crippen MR) is 223 cm³/mol. The maximum atomic E-state index is 17.5. The second-order valence-corrected chi connectivity index (χ2v) is 19.5. The maximum Gasteiger partial charge on any atom is 0.319 e. The van der Waals surface area contributed by atoms with E-state index < -0.39 is 9.43 Å². The van der Waals surface area contributed by atoms with Gasteiger partial charge in [0.15, 0.2) is 15.6 Å². The van der Waals surface area contributed by atoms with Gasteiger partial charge in [-0.25, -0.2) is 9.37 Å². The number of aliphatic hydroxyl groups is 1. The molecule has 5 N–H and O–H groups in total. The van der Waals surface area contributed by atoms with E-state index in [1.54, 1.807) is 6.07 Å². The molecule has 2 aliphatic carbocycles. The standard InChI is InChI=1S/C38H47ClFI2N7O5/c1-20-13-22(14-27(41)54-20)49-10-4-9-37(8-3-5-26(37)49)18-53-36-46-33-30(34(47-36)48-11-12-52-19-38(42,50)17-48)35(51-2)45-32(31(33)40)29-23(16-43)25(44)15-24(39)28(29)21-6-7-21/h15-16,20-22,26-27,43,50H,3-14,17-19,44H2,1-2H3/p+1/t20-,22+,26-,27-,37?,38+/m1/s1. The van der Waals surface area contributed by atoms with Gasteiger partial charge in [0.1, 0.15) is 26.5 Å². The molecule has 2 aromatic heterocycles. The summed E-state index contributed by atoms with van der Waals surface area (Å²) in [5.74, 6) is -0.109. The van der Waals surface area contributed by atoms with Crippen molar-refractivity contribution < 1.29 is 33.9 Å². The lowest BCUT2D eigenvalue weighted by Gasteiger charge is -2.51. The van der Waals surface area contributed by atoms with Crippen LogP contribution in [0.2, 0.25) is 5.02 Å². The predicted octanol–water partition coefficient (Wildman–Crippen LogP) is 5.43. The summed E-state index contributed by atoms with van der Waals surface area (Å²) in [6.07, 6.45) is 10.8. The third-order valence-electron chi connectivity index (χ3n) is 12.0. The van der Waals surface area contributed by atoms with Gasteiger partial charge < -0.3 is 34.7 Å². The maximum absolute atomic E-state index is 17.5. The summed E-state index contributed by atoms with van der Waals surface area (Å²) >= 11 is 11.2. The van der Waals surface area contributed by atoms with Gasteiger partial charge in [-0.05, 0) is 105 Å². The van der Waals surface area contributed by atoms with Crippen LogP contribution in [0, 0.1) is 11.2 Å². The average molecular weight is 991 g/mol. The molecule has 2 saturated carbocycles. The van der Waals surface area contributed by atoms with Crippen LogP contribution in [0.15, 0.2) is 6.07 Å². The fourth-order valence-electron chi connectivity index (χ4n) is 9.53. The minimum Gasteiger partial charge on any atom is -0.480 e. The number of fused-ring (bicyclic) bond motifs is 2. The summed E-state index contributed by atoms with van der Waals surface area (Å²) in [6, 6.07) is 2.55. The number of rotatable bonds is 9. The largest absolute Gasteiger partial charge is 0.480 e. The Morgan fingerprint density at radius 3 is 2.72 bits per heavy atom. The van der Waals surface area contributed by atoms with Crippen LogP contribution < -0.4 is 25.5 Å². The lowest BCUT2D eigenvalue weighted by molar-refractivity contribution is -0.104. The number of hydrogen-bond acceptors (Lipinski definition) is 11. The van der Waals surface area contributed by atoms with Gasteiger partial charge in [-0.1, -0.05) is 40.6 Å². The van der Waals surface area contributed by atoms with Crippen LogP contribution in [0.4, 0.5) is 15.9 Å². The Morgan fingerprint density at radius 2 is 1.98 bits per heavy atom. The first kappa shape index (κ1) is 38.9. The van der Waals surface area contributed by atoms with Crippen LogP contribution in [0.25, 0.3) is 22.2 Å². The highest BCUT2D eigenvalue weighted by Crippen LogP contribution is 2.52. The van der Waals surface area contributed by atoms with E-state index in [0.717, 1.165) is 69.9 Å². The van der Waals surface area contributed by atoms with Crippen molar-refractivity contribution >= 4 is 85.4 Å². The van der Waals surface area contributed by atoms with Gasteiger partial charge in [0.25, 0.3) is 0 Å². The van der Waals surface area contributed by atoms with Crippen molar-refractivity contribution in [3.63, 3.8) is 0 Å². The minimum atomic E-state index is -1.23. The van der Waals surface area contributed by atoms with E-state index in [-0.39, 0.29) is 63.2 Å². The van der Waals surface area contributed by atoms with E-state index in [9.17, 15) is 5.11 Å². The van der Waals surface area contributed by atoms with Gasteiger partial charge >= 0.3 is 6.01 Å². The lowest BCUT2D eigenvalue weighted by atomic mass is 9.74. The number of ether oxygens (including phenoxy) is 4. The van der Waals surface area contributed by atoms with Crippen LogP contribution in [0.3, 0.4) is 0 Å². The third kappa shape index (κ3) is 7.36. The molecule has 0 radical (unpaired) electrons. The molecule has 8 rings (SSSR count). The van der Waals surface area contributed by atoms with Crippen LogP contribution in [0.5, 0.6) is 11.9 Å². The van der Waals surface area contributed by atoms with Crippen LogP contribution in [-0.4, -0.2) is 104 Å². The van der Waals surface area contributed by atoms with Crippen molar-refractivity contribution in [1.29, 1.82) is 0 Å². The molecule has 12 nitrogen and oxygen atoms in total. The van der Waals surface area contributed by atoms with Crippen molar-refractivity contribution in [3.8, 4) is 23.1 Å². The number of pyridine rings is 1. The van der Waals surface area contributed by atoms with E-state index >= 15 is 4.39 Å². The topological polar surface area (TPSA) is 154 Å². The molecular formula is C38H48ClFI2N7O5+. The van der Waals surface area contributed by atoms with Crippen molar-refractivity contribution in [1.82, 2.24) is 19.9 Å². The smallest absolute Gasteiger partial charge is 0.319 e. The average Bonchev–Trinajstić information content (AvgIpc) is 3.91. The quantitative estimate of drug-likeness (QED) is 0.109. The summed E-state index contributed by atoms with van der Waals surface area (Å²) in [5, 5.41) is 18.1. The molecule has 0 bridgehead atoms. The number of hydrogen-bond donors (Lipinski definition) is 3. The number of β-amino-alcohol motifs (C(OH)–C–C–N with tert-alkyl or cyclic N) is 1. The Kier molecular flexibility index (Phi) is 11.1. The van der Waals surface area contributed by atoms with E-state index in [1.165, 1.54) is 13.3 Å². The van der Waals surface area contributed by atoms with Crippen LogP contribution >= 0.6 is 56.8 Å². The van der Waals surface area contributed by atoms with Gasteiger partial charge in [-0.2, -0.15) is 9.97 Å². The van der Waals surface area contributed by atoms with Gasteiger partial charge in [-0.15, -0.1) is 0 Å². The van der Waals surface area contributed by atoms with E-state index in [4.69, 9.17) is 56.6 Å². The summed E-state index contributed by atoms with van der Waals surface area (Å²) in [5.41, 5.74) is 8.26. The zero-order valence-electron chi connectivity index (χ0n) is 30.6. The number of halogens is 4. The molecule has 3 aromatic rings. The van der Waals surface area contributed by atoms with Crippen LogP contribution in [0.1, 0.15) is 81.8 Å². The van der Waals surface area contributed by atoms with E-state index in [0.29, 0.717) is 59.5 Å². The number of nitrogens with two attached hydrogens (primary N) is 2. The number of aromatic nitrogens is 3. The van der Waals surface area contributed by atoms with Crippen molar-refractivity contribution in [2.45, 2.75) is 96.5 Å². The second kappa shape index (κ2) is 15.5. The molecule has 3 aliphatic heterocycles. The van der Waals surface area contributed by atoms with Gasteiger partial charge in [0.2, 0.25) is 5.88 Å². The Balaban J connectivity index is 1.24. The molecule has 1 unspecified atom stereocenters. The number of methoxy groups -OCH3 is 1. The fraction of sp³-hybridized carbons (Fsp3) is 0.632. The zero-order valence-corrected chi connectivity index (χ0v) is 35.7. The molecule has 0 amide bonds. The second-order valence-electron chi connectivity index (χ2n) is 15.7. The molecule has 292 valence electrons. The number of nitrogen functional groups attached to an aromatic ring is 1. The first-order chi connectivity index (χ1) is 25.9. The van der Waals surface area contributed by atoms with E-state index in [2.05, 4.69) is 34.4 Å². The zero-order chi connectivity index (χ0) is 37.9. The number of piperidine rings is 1. The number of nitrogens with zero attached hydrogens (tertiary/aromatic N) is 5. The number of benzene rings is 1. The minimum absolute atomic E-state index is 0.0102. The molecule has 5 aliphatic rings. The third-order valence-corrected chi connectivity index (χ3v) is 13.8. The van der Waals surface area contributed by atoms with Gasteiger partial charge in [0.05, 0.1) is 45.1 Å². The highest BCUT2D eigenvalue weighted by Gasteiger charge is 2.51. The number of likely N-dealkylation sites (tertiary alicyclic amines) is 1. The molecule has 16 heteroatoms. The molecule has 5 fully saturated rings. The monoisotopic (exact) mass is 990 g/mol. The fourth-order valence-corrected chi connectivity index (χ4v) is 11.6. The molecule has 0 spiro atoms. The molecule has 1 aromatic carbocycles. The molecule has 54 heavy (non-hydrogen) atoms. The van der Waals surface area contributed by atoms with Crippen LogP contribution in [-0.2, 0) is 9.47 Å². The summed E-state index contributed by atoms with van der Waals surface area (Å²) in [6.45, 7) is 4.66. The molecular weight excluding hydrogens is 943 g/mol. The van der Waals surface area contributed by atoms with Gasteiger partial charge in [-0.3, -0.25) is 10.3 Å². The highest BCUT2D eigenvalue weighted by molar-refractivity contribution is 14.1.